The number of carbonyl (C=O) groups is 3. The van der Waals surface area contributed by atoms with E-state index in [2.05, 4.69) is 10.3 Å². The third-order valence-corrected chi connectivity index (χ3v) is 6.61. The van der Waals surface area contributed by atoms with Gasteiger partial charge in [-0.1, -0.05) is 36.8 Å². The molecule has 3 unspecified atom stereocenters. The maximum absolute atomic E-state index is 12.6. The van der Waals surface area contributed by atoms with Crippen LogP contribution in [-0.4, -0.2) is 28.7 Å². The number of ether oxygens (including phenoxy) is 1. The zero-order chi connectivity index (χ0) is 20.4. The summed E-state index contributed by atoms with van der Waals surface area (Å²) in [6, 6.07) is 9.71. The first kappa shape index (κ1) is 19.8. The number of esters is 1. The Bertz CT molecular complexity index is 895. The third-order valence-electron chi connectivity index (χ3n) is 5.85. The van der Waals surface area contributed by atoms with E-state index in [1.807, 2.05) is 35.7 Å². The van der Waals surface area contributed by atoms with Crippen LogP contribution in [0, 0.1) is 17.8 Å². The average molecular weight is 413 g/mol. The molecule has 0 aliphatic heterocycles. The summed E-state index contributed by atoms with van der Waals surface area (Å²) in [5.74, 6) is -0.792. The van der Waals surface area contributed by atoms with E-state index in [0.717, 1.165) is 30.5 Å². The molecule has 29 heavy (non-hydrogen) atoms. The summed E-state index contributed by atoms with van der Waals surface area (Å²) >= 11 is 1.33. The van der Waals surface area contributed by atoms with Crippen LogP contribution in [0.25, 0.3) is 11.3 Å². The molecule has 1 heterocycles. The molecule has 0 saturated heterocycles. The Morgan fingerprint density at radius 2 is 1.86 bits per heavy atom. The number of nitrogens with zero attached hydrogens (tertiary/aromatic N) is 1. The molecule has 1 aromatic heterocycles. The number of amides is 1. The van der Waals surface area contributed by atoms with Crippen molar-refractivity contribution in [2.45, 2.75) is 45.1 Å². The van der Waals surface area contributed by atoms with Crippen molar-refractivity contribution in [3.63, 3.8) is 0 Å². The Labute approximate surface area is 173 Å². The first-order valence-electron chi connectivity index (χ1n) is 10.1. The van der Waals surface area contributed by atoms with Crippen molar-refractivity contribution in [3.8, 4) is 11.3 Å². The number of ketones is 1. The number of thiazole rings is 1. The molecule has 6 nitrogen and oxygen atoms in total. The van der Waals surface area contributed by atoms with Gasteiger partial charge in [-0.3, -0.25) is 19.7 Å². The van der Waals surface area contributed by atoms with Gasteiger partial charge in [-0.25, -0.2) is 4.98 Å². The van der Waals surface area contributed by atoms with Crippen LogP contribution in [-0.2, 0) is 19.1 Å². The lowest BCUT2D eigenvalue weighted by atomic mass is 9.67. The topological polar surface area (TPSA) is 85.4 Å². The molecule has 4 rings (SSSR count). The fraction of sp³-hybridized carbons (Fsp3) is 0.455. The third kappa shape index (κ3) is 4.40. The van der Waals surface area contributed by atoms with Crippen molar-refractivity contribution in [1.82, 2.24) is 4.98 Å². The zero-order valence-corrected chi connectivity index (χ0v) is 17.1. The maximum atomic E-state index is 12.6. The molecule has 0 spiro atoms. The van der Waals surface area contributed by atoms with Gasteiger partial charge in [-0.2, -0.15) is 0 Å². The second-order valence-corrected chi connectivity index (χ2v) is 8.73. The van der Waals surface area contributed by atoms with Crippen molar-refractivity contribution in [1.29, 1.82) is 0 Å². The minimum atomic E-state index is -0.913. The van der Waals surface area contributed by atoms with Gasteiger partial charge in [0.25, 0.3) is 5.91 Å². The molecule has 152 valence electrons. The van der Waals surface area contributed by atoms with Crippen LogP contribution in [0.1, 0.15) is 39.0 Å². The van der Waals surface area contributed by atoms with Crippen LogP contribution in [0.15, 0.2) is 35.7 Å². The normalized spacial score (nSPS) is 24.6. The summed E-state index contributed by atoms with van der Waals surface area (Å²) in [5, 5.41) is 5.07. The Hall–Kier alpha value is -2.54. The van der Waals surface area contributed by atoms with Gasteiger partial charge in [-0.15, -0.1) is 11.3 Å². The highest BCUT2D eigenvalue weighted by Gasteiger charge is 2.42. The number of nitrogens with one attached hydrogen (secondary N) is 1. The van der Waals surface area contributed by atoms with E-state index in [0.29, 0.717) is 23.8 Å². The van der Waals surface area contributed by atoms with E-state index in [1.165, 1.54) is 11.3 Å². The minimum Gasteiger partial charge on any atom is -0.452 e. The van der Waals surface area contributed by atoms with Gasteiger partial charge in [0.05, 0.1) is 11.6 Å². The number of carbonyl (C=O) groups excluding carboxylic acids is 3. The SMILES string of the molecule is CC(OC(=O)C1CC2CCCC(C1)C2=O)C(=O)Nc1nc(-c2ccccc2)cs1. The number of Topliss-reactive ketones (excluding diaryl/α,β-unsaturated/α-hetero) is 1. The second kappa shape index (κ2) is 8.45. The Kier molecular flexibility index (Phi) is 5.76. The van der Waals surface area contributed by atoms with Crippen LogP contribution < -0.4 is 5.32 Å². The summed E-state index contributed by atoms with van der Waals surface area (Å²) in [5.41, 5.74) is 1.76. The van der Waals surface area contributed by atoms with E-state index >= 15 is 0 Å². The lowest BCUT2D eigenvalue weighted by Crippen LogP contribution is -2.41. The van der Waals surface area contributed by atoms with E-state index in [1.54, 1.807) is 6.92 Å². The molecule has 0 radical (unpaired) electrons. The minimum absolute atomic E-state index is 0.0177. The molecule has 1 N–H and O–H groups in total. The number of hydrogen-bond acceptors (Lipinski definition) is 6. The van der Waals surface area contributed by atoms with E-state index in [4.69, 9.17) is 4.74 Å². The van der Waals surface area contributed by atoms with E-state index in [-0.39, 0.29) is 23.7 Å². The highest BCUT2D eigenvalue weighted by Crippen LogP contribution is 2.40. The molecule has 2 saturated carbocycles. The predicted molar refractivity (Wildman–Crippen MR) is 110 cm³/mol. The number of fused-ring (bicyclic) bond motifs is 2. The number of hydrogen-bond donors (Lipinski definition) is 1. The largest absolute Gasteiger partial charge is 0.452 e. The highest BCUT2D eigenvalue weighted by molar-refractivity contribution is 7.14. The first-order valence-corrected chi connectivity index (χ1v) is 10.9. The summed E-state index contributed by atoms with van der Waals surface area (Å²) in [6.45, 7) is 1.56. The molecular formula is C22H24N2O4S. The number of benzene rings is 1. The zero-order valence-electron chi connectivity index (χ0n) is 16.3. The fourth-order valence-corrected chi connectivity index (χ4v) is 5.00. The van der Waals surface area contributed by atoms with Crippen LogP contribution in [0.3, 0.4) is 0 Å². The van der Waals surface area contributed by atoms with Crippen LogP contribution in [0.4, 0.5) is 5.13 Å². The number of rotatable bonds is 5. The van der Waals surface area contributed by atoms with Crippen molar-refractivity contribution < 1.29 is 19.1 Å². The standard InChI is InChI=1S/C22H24N2O4S/c1-13(28-21(27)17-10-15-8-5-9-16(11-17)19(15)25)20(26)24-22-23-18(12-29-22)14-6-3-2-4-7-14/h2-4,6-7,12-13,15-17H,5,8-11H2,1H3,(H,23,24,26). The summed E-state index contributed by atoms with van der Waals surface area (Å²) in [4.78, 5) is 41.6. The Morgan fingerprint density at radius 1 is 1.17 bits per heavy atom. The van der Waals surface area contributed by atoms with Crippen LogP contribution >= 0.6 is 11.3 Å². The molecule has 2 aliphatic carbocycles. The van der Waals surface area contributed by atoms with Gasteiger partial charge < -0.3 is 4.74 Å². The quantitative estimate of drug-likeness (QED) is 0.748. The first-order chi connectivity index (χ1) is 14.0. The predicted octanol–water partition coefficient (Wildman–Crippen LogP) is 4.08. The molecular weight excluding hydrogens is 388 g/mol. The Balaban J connectivity index is 1.32. The molecule has 2 bridgehead atoms. The fourth-order valence-electron chi connectivity index (χ4n) is 4.28. The van der Waals surface area contributed by atoms with Gasteiger partial charge in [0, 0.05) is 22.8 Å². The van der Waals surface area contributed by atoms with Crippen LogP contribution in [0.5, 0.6) is 0 Å². The summed E-state index contributed by atoms with van der Waals surface area (Å²) in [6.07, 6.45) is 2.97. The maximum Gasteiger partial charge on any atom is 0.309 e. The highest BCUT2D eigenvalue weighted by atomic mass is 32.1. The van der Waals surface area contributed by atoms with Gasteiger partial charge in [0.1, 0.15) is 5.78 Å². The molecule has 3 atom stereocenters. The molecule has 1 aromatic carbocycles. The van der Waals surface area contributed by atoms with Crippen LogP contribution in [0.2, 0.25) is 0 Å². The smallest absolute Gasteiger partial charge is 0.309 e. The van der Waals surface area contributed by atoms with Gasteiger partial charge >= 0.3 is 5.97 Å². The molecule has 2 aliphatic rings. The molecule has 2 aromatic rings. The van der Waals surface area contributed by atoms with Crippen molar-refractivity contribution in [2.75, 3.05) is 5.32 Å². The van der Waals surface area contributed by atoms with E-state index < -0.39 is 12.0 Å². The summed E-state index contributed by atoms with van der Waals surface area (Å²) < 4.78 is 5.43. The van der Waals surface area contributed by atoms with Crippen molar-refractivity contribution in [2.24, 2.45) is 17.8 Å². The van der Waals surface area contributed by atoms with Crippen molar-refractivity contribution >= 4 is 34.1 Å². The monoisotopic (exact) mass is 412 g/mol. The number of anilines is 1. The number of aromatic nitrogens is 1. The summed E-state index contributed by atoms with van der Waals surface area (Å²) in [7, 11) is 0. The van der Waals surface area contributed by atoms with E-state index in [9.17, 15) is 14.4 Å². The average Bonchev–Trinajstić information content (AvgIpc) is 3.17. The molecule has 1 amide bonds. The lowest BCUT2D eigenvalue weighted by Gasteiger charge is -2.36. The van der Waals surface area contributed by atoms with Gasteiger partial charge in [-0.05, 0) is 32.6 Å². The van der Waals surface area contributed by atoms with Gasteiger partial charge in [0.2, 0.25) is 0 Å². The van der Waals surface area contributed by atoms with Crippen molar-refractivity contribution in [3.05, 3.63) is 35.7 Å². The second-order valence-electron chi connectivity index (χ2n) is 7.87. The Morgan fingerprint density at radius 3 is 2.55 bits per heavy atom. The van der Waals surface area contributed by atoms with Gasteiger partial charge in [0.15, 0.2) is 11.2 Å². The molecule has 7 heteroatoms. The molecule has 2 fully saturated rings. The lowest BCUT2D eigenvalue weighted by molar-refractivity contribution is -0.161.